The van der Waals surface area contributed by atoms with Gasteiger partial charge in [0.15, 0.2) is 0 Å². The van der Waals surface area contributed by atoms with E-state index in [0.717, 1.165) is 6.42 Å². The van der Waals surface area contributed by atoms with Gasteiger partial charge in [0.25, 0.3) is 0 Å². The summed E-state index contributed by atoms with van der Waals surface area (Å²) in [5, 5.41) is 0. The smallest absolute Gasteiger partial charge is 0.0150 e. The first-order chi connectivity index (χ1) is 4.25. The third-order valence-corrected chi connectivity index (χ3v) is 1.68. The molecule has 9 heavy (non-hydrogen) atoms. The lowest BCUT2D eigenvalue weighted by molar-refractivity contribution is 1.16. The summed E-state index contributed by atoms with van der Waals surface area (Å²) in [6.07, 6.45) is 2.91. The second-order valence-corrected chi connectivity index (χ2v) is 2.33. The summed E-state index contributed by atoms with van der Waals surface area (Å²) in [5.41, 5.74) is 3.93. The van der Waals surface area contributed by atoms with E-state index in [1.54, 1.807) is 0 Å². The third kappa shape index (κ3) is 0.995. The number of aryl methyl sites for hydroxylation is 2. The van der Waals surface area contributed by atoms with E-state index >= 15 is 0 Å². The first-order valence-electron chi connectivity index (χ1n) is 3.18. The molecule has 0 saturated carbocycles. The molecule has 1 heteroatoms. The fraction of sp³-hybridized carbons (Fsp3) is 0.375. The van der Waals surface area contributed by atoms with Crippen LogP contribution in [0, 0.1) is 20.8 Å². The topological polar surface area (TPSA) is 15.8 Å². The summed E-state index contributed by atoms with van der Waals surface area (Å²) in [4.78, 5) is 3.15. The van der Waals surface area contributed by atoms with Crippen molar-refractivity contribution in [3.63, 3.8) is 0 Å². The van der Waals surface area contributed by atoms with Gasteiger partial charge >= 0.3 is 0 Å². The predicted molar refractivity (Wildman–Crippen MR) is 39.3 cm³/mol. The minimum atomic E-state index is 0.890. The lowest BCUT2D eigenvalue weighted by Gasteiger charge is -1.93. The van der Waals surface area contributed by atoms with E-state index in [1.165, 1.54) is 16.8 Å². The van der Waals surface area contributed by atoms with Crippen molar-refractivity contribution in [3.05, 3.63) is 29.9 Å². The maximum atomic E-state index is 3.83. The molecule has 0 aliphatic carbocycles. The summed E-state index contributed by atoms with van der Waals surface area (Å²) < 4.78 is 0. The van der Waals surface area contributed by atoms with Crippen molar-refractivity contribution >= 4 is 0 Å². The van der Waals surface area contributed by atoms with Crippen LogP contribution in [-0.4, -0.2) is 4.98 Å². The summed E-state index contributed by atoms with van der Waals surface area (Å²) in [6, 6.07) is 0. The average Bonchev–Trinajstić information content (AvgIpc) is 2.12. The van der Waals surface area contributed by atoms with Crippen LogP contribution in [0.5, 0.6) is 0 Å². The molecule has 1 radical (unpaired) electrons. The number of aromatic amines is 1. The number of rotatable bonds is 1. The lowest BCUT2D eigenvalue weighted by atomic mass is 10.1. The molecule has 0 aliphatic rings. The van der Waals surface area contributed by atoms with Crippen LogP contribution in [0.1, 0.15) is 16.8 Å². The van der Waals surface area contributed by atoms with Gasteiger partial charge in [-0.1, -0.05) is 0 Å². The highest BCUT2D eigenvalue weighted by Gasteiger charge is 1.99. The molecule has 0 amide bonds. The minimum absolute atomic E-state index is 0.890. The molecule has 0 saturated heterocycles. The summed E-state index contributed by atoms with van der Waals surface area (Å²) in [7, 11) is 0. The van der Waals surface area contributed by atoms with E-state index < -0.39 is 0 Å². The van der Waals surface area contributed by atoms with Crippen molar-refractivity contribution in [2.75, 3.05) is 0 Å². The highest BCUT2D eigenvalue weighted by molar-refractivity contribution is 5.29. The molecule has 49 valence electrons. The molecule has 1 aromatic heterocycles. The molecule has 0 aliphatic heterocycles. The van der Waals surface area contributed by atoms with Gasteiger partial charge in [0.2, 0.25) is 0 Å². The molecule has 0 atom stereocenters. The number of nitrogens with one attached hydrogen (secondary N) is 1. The van der Waals surface area contributed by atoms with Gasteiger partial charge in [-0.25, -0.2) is 0 Å². The van der Waals surface area contributed by atoms with Crippen LogP contribution in [0.25, 0.3) is 0 Å². The largest absolute Gasteiger partial charge is 0.365 e. The zero-order valence-electron chi connectivity index (χ0n) is 5.99. The Balaban J connectivity index is 3.07. The first kappa shape index (κ1) is 6.40. The van der Waals surface area contributed by atoms with Crippen molar-refractivity contribution in [1.29, 1.82) is 0 Å². The second-order valence-electron chi connectivity index (χ2n) is 2.33. The van der Waals surface area contributed by atoms with E-state index in [9.17, 15) is 0 Å². The first-order valence-corrected chi connectivity index (χ1v) is 3.18. The van der Waals surface area contributed by atoms with Gasteiger partial charge in [-0.2, -0.15) is 0 Å². The minimum Gasteiger partial charge on any atom is -0.365 e. The van der Waals surface area contributed by atoms with E-state index in [4.69, 9.17) is 0 Å². The molecule has 0 bridgehead atoms. The van der Waals surface area contributed by atoms with Gasteiger partial charge < -0.3 is 4.98 Å². The van der Waals surface area contributed by atoms with E-state index in [2.05, 4.69) is 25.8 Å². The van der Waals surface area contributed by atoms with Crippen molar-refractivity contribution in [3.8, 4) is 0 Å². The molecular formula is C8H12N. The zero-order valence-corrected chi connectivity index (χ0v) is 5.99. The quantitative estimate of drug-likeness (QED) is 0.586. The Morgan fingerprint density at radius 1 is 1.56 bits per heavy atom. The molecule has 1 aromatic rings. The third-order valence-electron chi connectivity index (χ3n) is 1.68. The van der Waals surface area contributed by atoms with Crippen LogP contribution in [0.15, 0.2) is 6.20 Å². The Bertz CT molecular complexity index is 179. The Labute approximate surface area is 56.1 Å². The lowest BCUT2D eigenvalue weighted by Crippen LogP contribution is -1.82. The Hall–Kier alpha value is -0.720. The Kier molecular flexibility index (Phi) is 1.60. The van der Waals surface area contributed by atoms with Crippen LogP contribution in [-0.2, 0) is 6.42 Å². The molecule has 0 unspecified atom stereocenters. The maximum Gasteiger partial charge on any atom is 0.0150 e. The fourth-order valence-electron chi connectivity index (χ4n) is 1.07. The van der Waals surface area contributed by atoms with Crippen molar-refractivity contribution in [2.45, 2.75) is 20.3 Å². The predicted octanol–water partition coefficient (Wildman–Crippen LogP) is 2.01. The van der Waals surface area contributed by atoms with E-state index in [-0.39, 0.29) is 0 Å². The summed E-state index contributed by atoms with van der Waals surface area (Å²) in [5.74, 6) is 0. The van der Waals surface area contributed by atoms with Crippen LogP contribution in [0.4, 0.5) is 0 Å². The van der Waals surface area contributed by atoms with Crippen molar-refractivity contribution in [1.82, 2.24) is 4.98 Å². The summed E-state index contributed by atoms with van der Waals surface area (Å²) >= 11 is 0. The van der Waals surface area contributed by atoms with E-state index in [1.807, 2.05) is 6.20 Å². The number of aromatic nitrogens is 1. The van der Waals surface area contributed by atoms with Gasteiger partial charge in [0, 0.05) is 11.9 Å². The Morgan fingerprint density at radius 3 is 2.44 bits per heavy atom. The fourth-order valence-corrected chi connectivity index (χ4v) is 1.07. The normalized spacial score (nSPS) is 10.1. The van der Waals surface area contributed by atoms with Crippen LogP contribution >= 0.6 is 0 Å². The molecule has 1 rings (SSSR count). The second kappa shape index (κ2) is 2.26. The standard InChI is InChI=1S/C8H12N/c1-4-8-6(2)5-9-7(8)3/h5,9H,1,4H2,2-3H3. The van der Waals surface area contributed by atoms with Crippen molar-refractivity contribution in [2.24, 2.45) is 0 Å². The molecule has 0 spiro atoms. The van der Waals surface area contributed by atoms with Gasteiger partial charge in [0.05, 0.1) is 0 Å². The zero-order chi connectivity index (χ0) is 6.85. The number of H-pyrrole nitrogens is 1. The maximum absolute atomic E-state index is 3.83. The van der Waals surface area contributed by atoms with Crippen molar-refractivity contribution < 1.29 is 0 Å². The molecule has 1 N–H and O–H groups in total. The van der Waals surface area contributed by atoms with E-state index in [0.29, 0.717) is 0 Å². The highest BCUT2D eigenvalue weighted by Crippen LogP contribution is 2.11. The van der Waals surface area contributed by atoms with Crippen LogP contribution in [0.2, 0.25) is 0 Å². The van der Waals surface area contributed by atoms with Gasteiger partial charge in [-0.05, 0) is 38.3 Å². The van der Waals surface area contributed by atoms with Crippen LogP contribution < -0.4 is 0 Å². The van der Waals surface area contributed by atoms with Gasteiger partial charge in [0.1, 0.15) is 0 Å². The number of hydrogen-bond acceptors (Lipinski definition) is 0. The average molecular weight is 122 g/mol. The monoisotopic (exact) mass is 122 g/mol. The summed E-state index contributed by atoms with van der Waals surface area (Å²) in [6.45, 7) is 8.01. The SMILES string of the molecule is [CH2]Cc1c(C)c[nH]c1C. The van der Waals surface area contributed by atoms with Gasteiger partial charge in [-0.3, -0.25) is 0 Å². The molecule has 1 heterocycles. The number of hydrogen-bond donors (Lipinski definition) is 1. The molecular weight excluding hydrogens is 110 g/mol. The molecule has 0 aromatic carbocycles. The molecule has 0 fully saturated rings. The highest BCUT2D eigenvalue weighted by atomic mass is 14.7. The Morgan fingerprint density at radius 2 is 2.22 bits per heavy atom. The van der Waals surface area contributed by atoms with Gasteiger partial charge in [-0.15, -0.1) is 0 Å². The van der Waals surface area contributed by atoms with Crippen LogP contribution in [0.3, 0.4) is 0 Å². The molecule has 1 nitrogen and oxygen atoms in total.